The first-order valence-electron chi connectivity index (χ1n) is 5.62. The Hall–Kier alpha value is -1.66. The van der Waals surface area contributed by atoms with Gasteiger partial charge in [0, 0.05) is 11.6 Å². The minimum Gasteiger partial charge on any atom is -0.393 e. The van der Waals surface area contributed by atoms with E-state index in [0.717, 1.165) is 6.07 Å². The summed E-state index contributed by atoms with van der Waals surface area (Å²) in [7, 11) is 0. The van der Waals surface area contributed by atoms with E-state index in [-0.39, 0.29) is 17.3 Å². The van der Waals surface area contributed by atoms with Crippen LogP contribution in [0, 0.1) is 5.82 Å². The number of nitrogens with one attached hydrogen (secondary N) is 2. The Labute approximate surface area is 114 Å². The molecule has 0 bridgehead atoms. The van der Waals surface area contributed by atoms with Crippen molar-refractivity contribution in [2.75, 3.05) is 11.9 Å². The quantitative estimate of drug-likeness (QED) is 0.731. The fourth-order valence-electron chi connectivity index (χ4n) is 1.24. The highest BCUT2D eigenvalue weighted by atomic mass is 35.5. The zero-order chi connectivity index (χ0) is 14.4. The lowest BCUT2D eigenvalue weighted by Gasteiger charge is -2.08. The van der Waals surface area contributed by atoms with E-state index in [2.05, 4.69) is 10.6 Å². The molecule has 1 rings (SSSR count). The number of anilines is 1. The monoisotopic (exact) mass is 288 g/mol. The number of amides is 2. The maximum absolute atomic E-state index is 13.4. The molecule has 0 aliphatic rings. The average Bonchev–Trinajstić information content (AvgIpc) is 2.32. The molecule has 104 valence electrons. The van der Waals surface area contributed by atoms with Crippen molar-refractivity contribution in [2.45, 2.75) is 19.4 Å². The SMILES string of the molecule is CC(O)CCNC(=O)C(=O)Nc1ccc(Cl)cc1F. The van der Waals surface area contributed by atoms with Gasteiger partial charge in [0.15, 0.2) is 0 Å². The second kappa shape index (κ2) is 7.06. The Bertz CT molecular complexity index is 480. The predicted molar refractivity (Wildman–Crippen MR) is 69.3 cm³/mol. The van der Waals surface area contributed by atoms with Crippen molar-refractivity contribution in [3.05, 3.63) is 29.0 Å². The summed E-state index contributed by atoms with van der Waals surface area (Å²) in [6, 6.07) is 3.69. The molecule has 7 heteroatoms. The van der Waals surface area contributed by atoms with Gasteiger partial charge >= 0.3 is 11.8 Å². The van der Waals surface area contributed by atoms with E-state index in [4.69, 9.17) is 16.7 Å². The summed E-state index contributed by atoms with van der Waals surface area (Å²) in [6.45, 7) is 1.72. The van der Waals surface area contributed by atoms with Crippen LogP contribution in [-0.4, -0.2) is 29.6 Å². The molecule has 1 atom stereocenters. The smallest absolute Gasteiger partial charge is 0.313 e. The molecular formula is C12H14ClFN2O3. The van der Waals surface area contributed by atoms with E-state index in [0.29, 0.717) is 6.42 Å². The average molecular weight is 289 g/mol. The van der Waals surface area contributed by atoms with Crippen LogP contribution in [0.25, 0.3) is 0 Å². The minimum atomic E-state index is -0.980. The van der Waals surface area contributed by atoms with Crippen molar-refractivity contribution in [1.29, 1.82) is 0 Å². The number of rotatable bonds is 4. The van der Waals surface area contributed by atoms with Gasteiger partial charge in [-0.1, -0.05) is 11.6 Å². The van der Waals surface area contributed by atoms with E-state index in [1.165, 1.54) is 12.1 Å². The fourth-order valence-corrected chi connectivity index (χ4v) is 1.40. The lowest BCUT2D eigenvalue weighted by atomic mass is 10.3. The highest BCUT2D eigenvalue weighted by molar-refractivity contribution is 6.39. The lowest BCUT2D eigenvalue weighted by molar-refractivity contribution is -0.136. The molecule has 0 aliphatic carbocycles. The van der Waals surface area contributed by atoms with Gasteiger partial charge in [-0.2, -0.15) is 0 Å². The Balaban J connectivity index is 2.52. The number of hydrogen-bond donors (Lipinski definition) is 3. The summed E-state index contributed by atoms with van der Waals surface area (Å²) in [5, 5.41) is 13.6. The van der Waals surface area contributed by atoms with E-state index in [1.807, 2.05) is 0 Å². The van der Waals surface area contributed by atoms with Crippen LogP contribution < -0.4 is 10.6 Å². The summed E-state index contributed by atoms with van der Waals surface area (Å²) in [5.41, 5.74) is -0.125. The summed E-state index contributed by atoms with van der Waals surface area (Å²) >= 11 is 5.56. The first-order chi connectivity index (χ1) is 8.90. The maximum atomic E-state index is 13.4. The molecule has 1 aromatic rings. The summed E-state index contributed by atoms with van der Waals surface area (Å²) in [6.07, 6.45) is -0.244. The molecular weight excluding hydrogens is 275 g/mol. The van der Waals surface area contributed by atoms with E-state index < -0.39 is 23.7 Å². The van der Waals surface area contributed by atoms with Gasteiger partial charge in [-0.05, 0) is 31.5 Å². The number of carbonyl (C=O) groups is 2. The highest BCUT2D eigenvalue weighted by Gasteiger charge is 2.15. The number of aliphatic hydroxyl groups is 1. The molecule has 0 spiro atoms. The number of halogens is 2. The van der Waals surface area contributed by atoms with Gasteiger partial charge in [-0.15, -0.1) is 0 Å². The first-order valence-corrected chi connectivity index (χ1v) is 6.00. The molecule has 0 radical (unpaired) electrons. The predicted octanol–water partition coefficient (Wildman–Crippen LogP) is 1.30. The third-order valence-corrected chi connectivity index (χ3v) is 2.47. The van der Waals surface area contributed by atoms with Crippen molar-refractivity contribution >= 4 is 29.1 Å². The van der Waals surface area contributed by atoms with Crippen LogP contribution in [-0.2, 0) is 9.59 Å². The summed E-state index contributed by atoms with van der Waals surface area (Å²) in [5.74, 6) is -2.60. The Morgan fingerprint density at radius 1 is 1.42 bits per heavy atom. The van der Waals surface area contributed by atoms with Crippen molar-refractivity contribution < 1.29 is 19.1 Å². The number of aliphatic hydroxyl groups excluding tert-OH is 1. The van der Waals surface area contributed by atoms with Crippen LogP contribution in [0.5, 0.6) is 0 Å². The normalized spacial score (nSPS) is 11.8. The first kappa shape index (κ1) is 15.4. The Kier molecular flexibility index (Phi) is 5.72. The van der Waals surface area contributed by atoms with Crippen LogP contribution in [0.4, 0.5) is 10.1 Å². The second-order valence-corrected chi connectivity index (χ2v) is 4.41. The van der Waals surface area contributed by atoms with E-state index >= 15 is 0 Å². The van der Waals surface area contributed by atoms with Gasteiger partial charge < -0.3 is 15.7 Å². The Morgan fingerprint density at radius 2 is 2.11 bits per heavy atom. The second-order valence-electron chi connectivity index (χ2n) is 3.97. The van der Waals surface area contributed by atoms with E-state index in [1.54, 1.807) is 6.92 Å². The van der Waals surface area contributed by atoms with Crippen LogP contribution in [0.3, 0.4) is 0 Å². The lowest BCUT2D eigenvalue weighted by Crippen LogP contribution is -2.36. The summed E-state index contributed by atoms with van der Waals surface area (Å²) < 4.78 is 13.4. The van der Waals surface area contributed by atoms with Crippen LogP contribution in [0.1, 0.15) is 13.3 Å². The number of carbonyl (C=O) groups excluding carboxylic acids is 2. The van der Waals surface area contributed by atoms with Crippen LogP contribution in [0.2, 0.25) is 5.02 Å². The largest absolute Gasteiger partial charge is 0.393 e. The highest BCUT2D eigenvalue weighted by Crippen LogP contribution is 2.18. The third-order valence-electron chi connectivity index (χ3n) is 2.23. The molecule has 0 saturated heterocycles. The molecule has 5 nitrogen and oxygen atoms in total. The molecule has 1 aromatic carbocycles. The molecule has 0 fully saturated rings. The van der Waals surface area contributed by atoms with Crippen molar-refractivity contribution in [3.63, 3.8) is 0 Å². The molecule has 0 aliphatic heterocycles. The van der Waals surface area contributed by atoms with Gasteiger partial charge in [0.25, 0.3) is 0 Å². The Morgan fingerprint density at radius 3 is 2.68 bits per heavy atom. The van der Waals surface area contributed by atoms with Crippen LogP contribution in [0.15, 0.2) is 18.2 Å². The van der Waals surface area contributed by atoms with Crippen molar-refractivity contribution in [3.8, 4) is 0 Å². The molecule has 3 N–H and O–H groups in total. The van der Waals surface area contributed by atoms with Crippen LogP contribution >= 0.6 is 11.6 Å². The summed E-state index contributed by atoms with van der Waals surface area (Å²) in [4.78, 5) is 22.8. The zero-order valence-corrected chi connectivity index (χ0v) is 11.0. The topological polar surface area (TPSA) is 78.4 Å². The molecule has 2 amide bonds. The molecule has 0 saturated carbocycles. The van der Waals surface area contributed by atoms with Gasteiger partial charge in [0.05, 0.1) is 11.8 Å². The fraction of sp³-hybridized carbons (Fsp3) is 0.333. The standard InChI is InChI=1S/C12H14ClFN2O3/c1-7(17)4-5-15-11(18)12(19)16-10-3-2-8(13)6-9(10)14/h2-3,6-7,17H,4-5H2,1H3,(H,15,18)(H,16,19). The number of hydrogen-bond acceptors (Lipinski definition) is 3. The third kappa shape index (κ3) is 5.23. The van der Waals surface area contributed by atoms with Gasteiger partial charge in [0.2, 0.25) is 0 Å². The molecule has 0 aromatic heterocycles. The minimum absolute atomic E-state index is 0.125. The molecule has 0 heterocycles. The van der Waals surface area contributed by atoms with Gasteiger partial charge in [-0.25, -0.2) is 4.39 Å². The zero-order valence-electron chi connectivity index (χ0n) is 10.2. The van der Waals surface area contributed by atoms with E-state index in [9.17, 15) is 14.0 Å². The van der Waals surface area contributed by atoms with Gasteiger partial charge in [0.1, 0.15) is 5.82 Å². The molecule has 19 heavy (non-hydrogen) atoms. The van der Waals surface area contributed by atoms with Crippen molar-refractivity contribution in [2.24, 2.45) is 0 Å². The maximum Gasteiger partial charge on any atom is 0.313 e. The molecule has 1 unspecified atom stereocenters. The van der Waals surface area contributed by atoms with Crippen molar-refractivity contribution in [1.82, 2.24) is 5.32 Å². The number of benzene rings is 1. The van der Waals surface area contributed by atoms with Gasteiger partial charge in [-0.3, -0.25) is 9.59 Å².